The summed E-state index contributed by atoms with van der Waals surface area (Å²) in [4.78, 5) is 7.86. The van der Waals surface area contributed by atoms with Crippen LogP contribution in [0.2, 0.25) is 19.6 Å². The zero-order valence-corrected chi connectivity index (χ0v) is 14.7. The number of pyridine rings is 1. The molecule has 2 heterocycles. The van der Waals surface area contributed by atoms with Gasteiger partial charge in [0.15, 0.2) is 0 Å². The molecule has 22 heavy (non-hydrogen) atoms. The fraction of sp³-hybridized carbons (Fsp3) is 0.278. The monoisotopic (exact) mass is 308 g/mol. The van der Waals surface area contributed by atoms with Gasteiger partial charge in [-0.05, 0) is 25.1 Å². The molecule has 0 saturated carbocycles. The Labute approximate surface area is 131 Å². The average Bonchev–Trinajstić information content (AvgIpc) is 2.84. The van der Waals surface area contributed by atoms with Crippen molar-refractivity contribution in [2.75, 3.05) is 7.11 Å². The van der Waals surface area contributed by atoms with Crippen molar-refractivity contribution in [3.8, 4) is 17.2 Å². The van der Waals surface area contributed by atoms with Gasteiger partial charge in [0.05, 0.1) is 29.4 Å². The van der Waals surface area contributed by atoms with Crippen molar-refractivity contribution in [1.29, 1.82) is 0 Å². The Morgan fingerprint density at radius 2 is 1.82 bits per heavy atom. The number of hydrogen-bond donors (Lipinski definition) is 1. The molecule has 0 bridgehead atoms. The fourth-order valence-corrected chi connectivity index (χ4v) is 3.06. The van der Waals surface area contributed by atoms with Crippen molar-refractivity contribution in [3.63, 3.8) is 0 Å². The lowest BCUT2D eigenvalue weighted by Gasteiger charge is -2.07. The summed E-state index contributed by atoms with van der Waals surface area (Å²) >= 11 is 0. The van der Waals surface area contributed by atoms with Crippen molar-refractivity contribution in [2.45, 2.75) is 26.6 Å². The van der Waals surface area contributed by atoms with Gasteiger partial charge in [-0.2, -0.15) is 0 Å². The molecule has 0 atom stereocenters. The van der Waals surface area contributed by atoms with Crippen molar-refractivity contribution in [3.05, 3.63) is 35.7 Å². The van der Waals surface area contributed by atoms with Gasteiger partial charge in [0, 0.05) is 17.0 Å². The summed E-state index contributed by atoms with van der Waals surface area (Å²) in [6.07, 6.45) is 1.85. The van der Waals surface area contributed by atoms with Crippen LogP contribution in [0.1, 0.15) is 11.3 Å². The van der Waals surface area contributed by atoms with E-state index in [9.17, 15) is 0 Å². The van der Waals surface area contributed by atoms with Gasteiger partial charge in [0.2, 0.25) is 0 Å². The number of methoxy groups -OCH3 is 1. The third-order valence-corrected chi connectivity index (χ3v) is 4.51. The van der Waals surface area contributed by atoms with Gasteiger partial charge in [0.25, 0.3) is 0 Å². The fourth-order valence-electron chi connectivity index (χ4n) is 2.56. The first-order valence-corrected chi connectivity index (χ1v) is 10.9. The first-order valence-electron chi connectivity index (χ1n) is 7.38. The lowest BCUT2D eigenvalue weighted by molar-refractivity contribution is 0.414. The summed E-state index contributed by atoms with van der Waals surface area (Å²) < 4.78 is 5.52. The van der Waals surface area contributed by atoms with Crippen LogP contribution in [0.3, 0.4) is 0 Å². The van der Waals surface area contributed by atoms with E-state index in [1.165, 1.54) is 10.8 Å². The van der Waals surface area contributed by atoms with Crippen LogP contribution >= 0.6 is 0 Å². The van der Waals surface area contributed by atoms with Gasteiger partial charge in [-0.15, -0.1) is 5.54 Å². The van der Waals surface area contributed by atoms with Crippen LogP contribution in [0.25, 0.3) is 21.8 Å². The van der Waals surface area contributed by atoms with Crippen molar-refractivity contribution >= 4 is 29.9 Å². The highest BCUT2D eigenvalue weighted by Crippen LogP contribution is 2.33. The van der Waals surface area contributed by atoms with Gasteiger partial charge in [-0.1, -0.05) is 25.6 Å². The first-order chi connectivity index (χ1) is 10.4. The number of aromatic amines is 1. The number of hydrogen-bond acceptors (Lipinski definition) is 2. The Morgan fingerprint density at radius 3 is 2.50 bits per heavy atom. The highest BCUT2D eigenvalue weighted by molar-refractivity contribution is 6.83. The molecule has 3 nitrogen and oxygen atoms in total. The number of rotatable bonds is 1. The second-order valence-electron chi connectivity index (χ2n) is 6.51. The average molecular weight is 308 g/mol. The van der Waals surface area contributed by atoms with Crippen LogP contribution in [0.15, 0.2) is 24.4 Å². The molecule has 0 aliphatic heterocycles. The van der Waals surface area contributed by atoms with Crippen LogP contribution in [0.5, 0.6) is 5.75 Å². The molecule has 1 N–H and O–H groups in total. The number of nitrogens with zero attached hydrogens (tertiary/aromatic N) is 1. The molecule has 0 fully saturated rings. The Kier molecular flexibility index (Phi) is 3.46. The summed E-state index contributed by atoms with van der Waals surface area (Å²) in [5.41, 5.74) is 7.49. The molecule has 4 heteroatoms. The molecule has 3 aromatic rings. The van der Waals surface area contributed by atoms with Gasteiger partial charge in [-0.3, -0.25) is 4.98 Å². The number of H-pyrrole nitrogens is 1. The molecule has 2 aromatic heterocycles. The number of aryl methyl sites for hydroxylation is 1. The second kappa shape index (κ2) is 5.18. The highest BCUT2D eigenvalue weighted by atomic mass is 28.3. The smallest absolute Gasteiger partial charge is 0.136 e. The van der Waals surface area contributed by atoms with E-state index >= 15 is 0 Å². The Balaban J connectivity index is 2.39. The minimum absolute atomic E-state index is 0.815. The Bertz CT molecular complexity index is 923. The van der Waals surface area contributed by atoms with Crippen LogP contribution in [0, 0.1) is 18.4 Å². The number of aromatic nitrogens is 2. The van der Waals surface area contributed by atoms with Crippen LogP contribution in [-0.4, -0.2) is 25.2 Å². The molecule has 0 unspecified atom stereocenters. The normalized spacial score (nSPS) is 11.5. The third-order valence-electron chi connectivity index (χ3n) is 3.63. The molecule has 0 amide bonds. The number of ether oxygens (including phenoxy) is 1. The Morgan fingerprint density at radius 1 is 1.09 bits per heavy atom. The van der Waals surface area contributed by atoms with Gasteiger partial charge in [0.1, 0.15) is 13.8 Å². The van der Waals surface area contributed by atoms with E-state index in [0.717, 1.165) is 28.0 Å². The van der Waals surface area contributed by atoms with Gasteiger partial charge in [-0.25, -0.2) is 0 Å². The summed E-state index contributed by atoms with van der Waals surface area (Å²) in [6, 6.07) is 6.13. The van der Waals surface area contributed by atoms with E-state index in [0.29, 0.717) is 0 Å². The molecule has 112 valence electrons. The second-order valence-corrected chi connectivity index (χ2v) is 11.3. The maximum Gasteiger partial charge on any atom is 0.136 e. The zero-order chi connectivity index (χ0) is 15.9. The van der Waals surface area contributed by atoms with Gasteiger partial charge >= 0.3 is 0 Å². The molecule has 0 saturated heterocycles. The van der Waals surface area contributed by atoms with E-state index in [2.05, 4.69) is 47.1 Å². The maximum atomic E-state index is 5.52. The Hall–Kier alpha value is -2.25. The molecular weight excluding hydrogens is 288 g/mol. The summed E-state index contributed by atoms with van der Waals surface area (Å²) in [7, 11) is 0.235. The predicted octanol–water partition coefficient (Wildman–Crippen LogP) is 4.26. The standard InChI is InChI=1S/C18H20N2OSi/c1-12-17-14(8-10-19-12)13-6-7-16(21-2)15(18(13)20-17)9-11-22(3,4)5/h6-8,10,20H,1-5H3. The topological polar surface area (TPSA) is 37.9 Å². The lowest BCUT2D eigenvalue weighted by atomic mass is 10.1. The molecule has 1 aromatic carbocycles. The number of fused-ring (bicyclic) bond motifs is 3. The first kappa shape index (κ1) is 14.7. The number of benzene rings is 1. The minimum Gasteiger partial charge on any atom is -0.495 e. The van der Waals surface area contributed by atoms with Crippen molar-refractivity contribution < 1.29 is 4.74 Å². The zero-order valence-electron chi connectivity index (χ0n) is 13.7. The molecule has 3 rings (SSSR count). The molecule has 0 radical (unpaired) electrons. The summed E-state index contributed by atoms with van der Waals surface area (Å²) in [5.74, 6) is 4.18. The van der Waals surface area contributed by atoms with E-state index in [1.54, 1.807) is 7.11 Å². The van der Waals surface area contributed by atoms with E-state index in [4.69, 9.17) is 4.74 Å². The minimum atomic E-state index is -1.46. The summed E-state index contributed by atoms with van der Waals surface area (Å²) in [6.45, 7) is 8.74. The van der Waals surface area contributed by atoms with E-state index in [-0.39, 0.29) is 0 Å². The highest BCUT2D eigenvalue weighted by Gasteiger charge is 2.14. The number of nitrogens with one attached hydrogen (secondary N) is 1. The molecule has 0 aliphatic carbocycles. The molecule has 0 spiro atoms. The quantitative estimate of drug-likeness (QED) is 0.539. The predicted molar refractivity (Wildman–Crippen MR) is 95.1 cm³/mol. The largest absolute Gasteiger partial charge is 0.495 e. The van der Waals surface area contributed by atoms with Crippen LogP contribution < -0.4 is 4.74 Å². The third kappa shape index (κ3) is 2.49. The van der Waals surface area contributed by atoms with E-state index in [1.807, 2.05) is 25.3 Å². The lowest BCUT2D eigenvalue weighted by Crippen LogP contribution is -2.16. The maximum absolute atomic E-state index is 5.52. The SMILES string of the molecule is COc1ccc2c([nH]c3c(C)nccc32)c1C#C[Si](C)(C)C. The van der Waals surface area contributed by atoms with Crippen molar-refractivity contribution in [1.82, 2.24) is 9.97 Å². The van der Waals surface area contributed by atoms with E-state index < -0.39 is 8.07 Å². The molecular formula is C18H20N2OSi. The van der Waals surface area contributed by atoms with Crippen LogP contribution in [-0.2, 0) is 0 Å². The van der Waals surface area contributed by atoms with Crippen molar-refractivity contribution in [2.24, 2.45) is 0 Å². The van der Waals surface area contributed by atoms with Crippen LogP contribution in [0.4, 0.5) is 0 Å². The van der Waals surface area contributed by atoms with Gasteiger partial charge < -0.3 is 9.72 Å². The molecule has 0 aliphatic rings. The summed E-state index contributed by atoms with van der Waals surface area (Å²) in [5, 5.41) is 2.35.